The van der Waals surface area contributed by atoms with Crippen LogP contribution in [-0.4, -0.2) is 47.4 Å². The third-order valence-electron chi connectivity index (χ3n) is 13.3. The number of hydrogen-bond donors (Lipinski definition) is 3. The average molecular weight is 891 g/mol. The van der Waals surface area contributed by atoms with Crippen molar-refractivity contribution in [3.63, 3.8) is 0 Å². The molecule has 0 aliphatic carbocycles. The van der Waals surface area contributed by atoms with Crippen molar-refractivity contribution in [2.45, 2.75) is 328 Å². The van der Waals surface area contributed by atoms with Gasteiger partial charge in [-0.1, -0.05) is 264 Å². The molecule has 2 unspecified atom stereocenters. The predicted molar refractivity (Wildman–Crippen MR) is 273 cm³/mol. The largest absolute Gasteiger partial charge is 0.466 e. The van der Waals surface area contributed by atoms with E-state index in [4.69, 9.17) is 4.74 Å². The van der Waals surface area contributed by atoms with E-state index >= 15 is 0 Å². The highest BCUT2D eigenvalue weighted by molar-refractivity contribution is 5.76. The quantitative estimate of drug-likeness (QED) is 0.0321. The number of hydrogen-bond acceptors (Lipinski definition) is 5. The van der Waals surface area contributed by atoms with Gasteiger partial charge >= 0.3 is 5.97 Å². The minimum atomic E-state index is -0.682. The van der Waals surface area contributed by atoms with Crippen molar-refractivity contribution in [1.29, 1.82) is 0 Å². The van der Waals surface area contributed by atoms with Crippen molar-refractivity contribution in [2.24, 2.45) is 0 Å². The molecule has 6 nitrogen and oxygen atoms in total. The zero-order valence-electron chi connectivity index (χ0n) is 42.6. The maximum Gasteiger partial charge on any atom is 0.305 e. The lowest BCUT2D eigenvalue weighted by molar-refractivity contribution is -0.143. The number of rotatable bonds is 53. The first-order valence-corrected chi connectivity index (χ1v) is 28.4. The SMILES string of the molecule is CCCCCCCCCCCCCCCCCCCCCCCCC(O)C(CO)NC(=O)CCCCCCC/C=C\CCCCOC(=O)CCCCCCCCCCCCCCC. The summed E-state index contributed by atoms with van der Waals surface area (Å²) in [5, 5.41) is 23.3. The van der Waals surface area contributed by atoms with Crippen molar-refractivity contribution < 1.29 is 24.5 Å². The van der Waals surface area contributed by atoms with E-state index in [1.165, 1.54) is 205 Å². The van der Waals surface area contributed by atoms with Gasteiger partial charge in [-0.3, -0.25) is 9.59 Å². The fourth-order valence-electron chi connectivity index (χ4n) is 8.93. The number of allylic oxidation sites excluding steroid dienone is 2. The van der Waals surface area contributed by atoms with Gasteiger partial charge in [0.25, 0.3) is 0 Å². The smallest absolute Gasteiger partial charge is 0.305 e. The number of esters is 1. The number of carbonyl (C=O) groups excluding carboxylic acids is 2. The first-order chi connectivity index (χ1) is 31.0. The molecule has 63 heavy (non-hydrogen) atoms. The summed E-state index contributed by atoms with van der Waals surface area (Å²) in [4.78, 5) is 24.5. The van der Waals surface area contributed by atoms with Crippen molar-refractivity contribution in [3.8, 4) is 0 Å². The van der Waals surface area contributed by atoms with Gasteiger partial charge in [-0.2, -0.15) is 0 Å². The van der Waals surface area contributed by atoms with Crippen LogP contribution in [0.25, 0.3) is 0 Å². The number of amides is 1. The van der Waals surface area contributed by atoms with Gasteiger partial charge in [-0.15, -0.1) is 0 Å². The van der Waals surface area contributed by atoms with Crippen LogP contribution in [0.4, 0.5) is 0 Å². The summed E-state index contributed by atoms with van der Waals surface area (Å²) in [6.07, 6.45) is 62.0. The highest BCUT2D eigenvalue weighted by Gasteiger charge is 2.20. The van der Waals surface area contributed by atoms with E-state index in [0.717, 1.165) is 77.0 Å². The Balaban J connectivity index is 3.49. The first kappa shape index (κ1) is 61.6. The van der Waals surface area contributed by atoms with E-state index in [2.05, 4.69) is 31.3 Å². The molecule has 0 aromatic rings. The molecule has 0 spiro atoms. The van der Waals surface area contributed by atoms with E-state index < -0.39 is 12.1 Å². The summed E-state index contributed by atoms with van der Waals surface area (Å²) in [5.74, 6) is -0.0891. The Bertz CT molecular complexity index is 939. The molecular formula is C57H111NO5. The number of carbonyl (C=O) groups is 2. The fraction of sp³-hybridized carbons (Fsp3) is 0.930. The lowest BCUT2D eigenvalue weighted by Crippen LogP contribution is -2.45. The molecular weight excluding hydrogens is 779 g/mol. The molecule has 6 heteroatoms. The maximum absolute atomic E-state index is 12.5. The molecule has 3 N–H and O–H groups in total. The first-order valence-electron chi connectivity index (χ1n) is 28.4. The van der Waals surface area contributed by atoms with Gasteiger partial charge in [0, 0.05) is 12.8 Å². The number of ether oxygens (including phenoxy) is 1. The van der Waals surface area contributed by atoms with Crippen molar-refractivity contribution in [2.75, 3.05) is 13.2 Å². The molecule has 0 saturated carbocycles. The van der Waals surface area contributed by atoms with Gasteiger partial charge < -0.3 is 20.3 Å². The second-order valence-corrected chi connectivity index (χ2v) is 19.6. The molecule has 374 valence electrons. The van der Waals surface area contributed by atoms with Crippen LogP contribution < -0.4 is 5.32 Å². The van der Waals surface area contributed by atoms with E-state index in [-0.39, 0.29) is 18.5 Å². The van der Waals surface area contributed by atoms with Gasteiger partial charge in [-0.05, 0) is 51.4 Å². The zero-order valence-corrected chi connectivity index (χ0v) is 42.6. The molecule has 0 aliphatic heterocycles. The molecule has 0 radical (unpaired) electrons. The van der Waals surface area contributed by atoms with Crippen LogP contribution in [0.2, 0.25) is 0 Å². The van der Waals surface area contributed by atoms with Crippen molar-refractivity contribution in [1.82, 2.24) is 5.32 Å². The topological polar surface area (TPSA) is 95.9 Å². The third kappa shape index (κ3) is 49.9. The number of unbranched alkanes of at least 4 members (excludes halogenated alkanes) is 40. The Hall–Kier alpha value is -1.40. The van der Waals surface area contributed by atoms with Crippen LogP contribution in [0.1, 0.15) is 316 Å². The Morgan fingerprint density at radius 3 is 1.13 bits per heavy atom. The van der Waals surface area contributed by atoms with Crippen LogP contribution in [0.15, 0.2) is 12.2 Å². The lowest BCUT2D eigenvalue weighted by atomic mass is 10.0. The van der Waals surface area contributed by atoms with Gasteiger partial charge in [-0.25, -0.2) is 0 Å². The Labute approximate surface area is 393 Å². The third-order valence-corrected chi connectivity index (χ3v) is 13.3. The fourth-order valence-corrected chi connectivity index (χ4v) is 8.93. The molecule has 2 atom stereocenters. The summed E-state index contributed by atoms with van der Waals surface area (Å²) in [6.45, 7) is 4.90. The molecule has 1 amide bonds. The zero-order chi connectivity index (χ0) is 45.8. The summed E-state index contributed by atoms with van der Waals surface area (Å²) in [7, 11) is 0. The van der Waals surface area contributed by atoms with Gasteiger partial charge in [0.1, 0.15) is 0 Å². The number of aliphatic hydroxyl groups excluding tert-OH is 2. The van der Waals surface area contributed by atoms with Gasteiger partial charge in [0.2, 0.25) is 5.91 Å². The molecule has 0 aromatic heterocycles. The van der Waals surface area contributed by atoms with E-state index in [1.807, 2.05) is 0 Å². The molecule has 0 aliphatic rings. The Morgan fingerprint density at radius 2 is 0.746 bits per heavy atom. The van der Waals surface area contributed by atoms with Crippen LogP contribution in [0, 0.1) is 0 Å². The Kier molecular flexibility index (Phi) is 52.0. The van der Waals surface area contributed by atoms with Gasteiger partial charge in [0.15, 0.2) is 0 Å². The summed E-state index contributed by atoms with van der Waals surface area (Å²) < 4.78 is 5.44. The van der Waals surface area contributed by atoms with Crippen LogP contribution in [-0.2, 0) is 14.3 Å². The summed E-state index contributed by atoms with van der Waals surface area (Å²) >= 11 is 0. The highest BCUT2D eigenvalue weighted by Crippen LogP contribution is 2.17. The maximum atomic E-state index is 12.5. The van der Waals surface area contributed by atoms with E-state index in [9.17, 15) is 19.8 Å². The molecule has 0 saturated heterocycles. The number of aliphatic hydroxyl groups is 2. The molecule has 0 aromatic carbocycles. The summed E-state index contributed by atoms with van der Waals surface area (Å²) in [6, 6.07) is -0.562. The molecule has 0 rings (SSSR count). The van der Waals surface area contributed by atoms with Crippen molar-refractivity contribution in [3.05, 3.63) is 12.2 Å². The van der Waals surface area contributed by atoms with Crippen LogP contribution >= 0.6 is 0 Å². The van der Waals surface area contributed by atoms with E-state index in [0.29, 0.717) is 25.9 Å². The Morgan fingerprint density at radius 1 is 0.429 bits per heavy atom. The van der Waals surface area contributed by atoms with E-state index in [1.54, 1.807) is 0 Å². The van der Waals surface area contributed by atoms with Crippen LogP contribution in [0.3, 0.4) is 0 Å². The average Bonchev–Trinajstić information content (AvgIpc) is 3.28. The minimum Gasteiger partial charge on any atom is -0.466 e. The monoisotopic (exact) mass is 890 g/mol. The lowest BCUT2D eigenvalue weighted by Gasteiger charge is -2.22. The second-order valence-electron chi connectivity index (χ2n) is 19.6. The predicted octanol–water partition coefficient (Wildman–Crippen LogP) is 17.3. The minimum absolute atomic E-state index is 0.0287. The molecule has 0 fully saturated rings. The van der Waals surface area contributed by atoms with Crippen LogP contribution in [0.5, 0.6) is 0 Å². The normalized spacial score (nSPS) is 12.6. The number of nitrogens with one attached hydrogen (secondary N) is 1. The highest BCUT2D eigenvalue weighted by atomic mass is 16.5. The van der Waals surface area contributed by atoms with Crippen molar-refractivity contribution >= 4 is 11.9 Å². The molecule has 0 heterocycles. The standard InChI is InChI=1S/C57H111NO5/c1-3-5-7-9-11-13-15-17-18-19-20-21-22-23-24-25-27-29-33-37-41-45-49-55(60)54(53-59)58-56(61)50-46-42-38-34-30-28-32-36-40-44-48-52-63-57(62)51-47-43-39-35-31-26-16-14-12-10-8-6-4-2/h32,36,54-55,59-60H,3-31,33-35,37-53H2,1-2H3,(H,58,61)/b36-32-. The molecule has 0 bridgehead atoms. The second kappa shape index (κ2) is 53.2. The van der Waals surface area contributed by atoms with Gasteiger partial charge in [0.05, 0.1) is 25.4 Å². The summed E-state index contributed by atoms with van der Waals surface area (Å²) in [5.41, 5.74) is 0.